The second-order valence-electron chi connectivity index (χ2n) is 4.45. The van der Waals surface area contributed by atoms with Crippen LogP contribution < -0.4 is 0 Å². The monoisotopic (exact) mass is 274 g/mol. The summed E-state index contributed by atoms with van der Waals surface area (Å²) >= 11 is 0. The summed E-state index contributed by atoms with van der Waals surface area (Å²) in [5.41, 5.74) is 0.841. The highest BCUT2D eigenvalue weighted by Crippen LogP contribution is 2.11. The molecule has 2 aromatic rings. The Labute approximate surface area is 115 Å². The second kappa shape index (κ2) is 5.12. The summed E-state index contributed by atoms with van der Waals surface area (Å²) in [6.07, 6.45) is 1.61. The molecule has 2 aromatic heterocycles. The van der Waals surface area contributed by atoms with Crippen LogP contribution in [0.5, 0.6) is 0 Å². The Bertz CT molecular complexity index is 676. The average molecular weight is 274 g/mol. The van der Waals surface area contributed by atoms with Crippen LogP contribution in [0, 0.1) is 6.92 Å². The van der Waals surface area contributed by atoms with Gasteiger partial charge in [-0.15, -0.1) is 0 Å². The highest BCUT2D eigenvalue weighted by atomic mass is 16.4. The number of amides is 1. The number of hydrogen-bond donors (Lipinski definition) is 1. The van der Waals surface area contributed by atoms with Gasteiger partial charge in [0.2, 0.25) is 0 Å². The number of carboxylic acid groups (broad SMARTS) is 1. The van der Waals surface area contributed by atoms with Crippen molar-refractivity contribution in [3.05, 3.63) is 41.3 Å². The fourth-order valence-corrected chi connectivity index (χ4v) is 1.70. The second-order valence-corrected chi connectivity index (χ2v) is 4.45. The van der Waals surface area contributed by atoms with E-state index < -0.39 is 5.97 Å². The molecule has 0 fully saturated rings. The van der Waals surface area contributed by atoms with Gasteiger partial charge in [-0.2, -0.15) is 5.10 Å². The van der Waals surface area contributed by atoms with Gasteiger partial charge < -0.3 is 10.0 Å². The molecule has 0 aliphatic heterocycles. The van der Waals surface area contributed by atoms with Crippen LogP contribution in [-0.2, 0) is 0 Å². The fraction of sp³-hybridized carbons (Fsp3) is 0.231. The molecular formula is C13H14N4O3. The first-order valence-corrected chi connectivity index (χ1v) is 5.89. The van der Waals surface area contributed by atoms with Gasteiger partial charge >= 0.3 is 5.97 Å². The molecule has 0 spiro atoms. The van der Waals surface area contributed by atoms with Gasteiger partial charge in [0.15, 0.2) is 11.5 Å². The van der Waals surface area contributed by atoms with Gasteiger partial charge in [-0.3, -0.25) is 4.79 Å². The van der Waals surface area contributed by atoms with Crippen LogP contribution in [0.3, 0.4) is 0 Å². The van der Waals surface area contributed by atoms with Crippen molar-refractivity contribution in [3.8, 4) is 5.82 Å². The Kier molecular flexibility index (Phi) is 3.51. The van der Waals surface area contributed by atoms with E-state index in [1.807, 2.05) is 0 Å². The zero-order valence-corrected chi connectivity index (χ0v) is 11.4. The molecular weight excluding hydrogens is 260 g/mol. The Hall–Kier alpha value is -2.70. The van der Waals surface area contributed by atoms with Crippen LogP contribution >= 0.6 is 0 Å². The minimum Gasteiger partial charge on any atom is -0.478 e. The quantitative estimate of drug-likeness (QED) is 0.901. The van der Waals surface area contributed by atoms with Crippen LogP contribution in [0.25, 0.3) is 5.82 Å². The predicted molar refractivity (Wildman–Crippen MR) is 71.1 cm³/mol. The van der Waals surface area contributed by atoms with E-state index in [-0.39, 0.29) is 11.5 Å². The van der Waals surface area contributed by atoms with Crippen molar-refractivity contribution in [2.45, 2.75) is 6.92 Å². The SMILES string of the molecule is Cc1nc(-n2ccc(C(=O)N(C)C)n2)ccc1C(=O)O. The van der Waals surface area contributed by atoms with Crippen molar-refractivity contribution in [1.29, 1.82) is 0 Å². The summed E-state index contributed by atoms with van der Waals surface area (Å²) in [5.74, 6) is -0.765. The molecule has 0 aromatic carbocycles. The molecule has 0 radical (unpaired) electrons. The lowest BCUT2D eigenvalue weighted by molar-refractivity contribution is 0.0695. The number of pyridine rings is 1. The van der Waals surface area contributed by atoms with Gasteiger partial charge in [0.25, 0.3) is 5.91 Å². The van der Waals surface area contributed by atoms with E-state index in [2.05, 4.69) is 10.1 Å². The van der Waals surface area contributed by atoms with Crippen molar-refractivity contribution < 1.29 is 14.7 Å². The highest BCUT2D eigenvalue weighted by molar-refractivity contribution is 5.91. The smallest absolute Gasteiger partial charge is 0.337 e. The third kappa shape index (κ3) is 2.51. The fourth-order valence-electron chi connectivity index (χ4n) is 1.70. The Morgan fingerprint density at radius 1 is 1.25 bits per heavy atom. The van der Waals surface area contributed by atoms with E-state index in [4.69, 9.17) is 5.11 Å². The number of carbonyl (C=O) groups excluding carboxylic acids is 1. The van der Waals surface area contributed by atoms with E-state index in [0.717, 1.165) is 0 Å². The van der Waals surface area contributed by atoms with Gasteiger partial charge in [-0.25, -0.2) is 14.5 Å². The number of carboxylic acids is 1. The molecule has 2 heterocycles. The molecule has 0 aliphatic carbocycles. The zero-order valence-electron chi connectivity index (χ0n) is 11.4. The topological polar surface area (TPSA) is 88.3 Å². The summed E-state index contributed by atoms with van der Waals surface area (Å²) in [5, 5.41) is 13.1. The van der Waals surface area contributed by atoms with Crippen LogP contribution in [0.15, 0.2) is 24.4 Å². The number of nitrogens with zero attached hydrogens (tertiary/aromatic N) is 4. The average Bonchev–Trinajstić information content (AvgIpc) is 2.86. The molecule has 104 valence electrons. The van der Waals surface area contributed by atoms with E-state index in [9.17, 15) is 9.59 Å². The number of hydrogen-bond acceptors (Lipinski definition) is 4. The summed E-state index contributed by atoms with van der Waals surface area (Å²) in [6.45, 7) is 1.61. The molecule has 0 saturated heterocycles. The molecule has 0 bridgehead atoms. The van der Waals surface area contributed by atoms with Gasteiger partial charge in [0, 0.05) is 20.3 Å². The summed E-state index contributed by atoms with van der Waals surface area (Å²) in [6, 6.07) is 4.60. The predicted octanol–water partition coefficient (Wildman–Crippen LogP) is 0.976. The molecule has 0 unspecified atom stereocenters. The number of rotatable bonds is 3. The van der Waals surface area contributed by atoms with Crippen molar-refractivity contribution >= 4 is 11.9 Å². The van der Waals surface area contributed by atoms with E-state index in [0.29, 0.717) is 17.2 Å². The van der Waals surface area contributed by atoms with Crippen LogP contribution in [0.2, 0.25) is 0 Å². The minimum absolute atomic E-state index is 0.144. The molecule has 0 saturated carbocycles. The lowest BCUT2D eigenvalue weighted by Gasteiger charge is -2.07. The zero-order chi connectivity index (χ0) is 14.9. The third-order valence-electron chi connectivity index (χ3n) is 2.75. The van der Waals surface area contributed by atoms with Gasteiger partial charge in [0.05, 0.1) is 11.3 Å². The maximum absolute atomic E-state index is 11.8. The maximum atomic E-state index is 11.8. The summed E-state index contributed by atoms with van der Waals surface area (Å²) in [4.78, 5) is 28.3. The van der Waals surface area contributed by atoms with Gasteiger partial charge in [-0.05, 0) is 25.1 Å². The molecule has 7 nitrogen and oxygen atoms in total. The van der Waals surface area contributed by atoms with Crippen molar-refractivity contribution in [2.24, 2.45) is 0 Å². The molecule has 20 heavy (non-hydrogen) atoms. The molecule has 7 heteroatoms. The van der Waals surface area contributed by atoms with Crippen LogP contribution in [0.4, 0.5) is 0 Å². The minimum atomic E-state index is -1.02. The normalized spacial score (nSPS) is 10.3. The first kappa shape index (κ1) is 13.7. The van der Waals surface area contributed by atoms with Crippen molar-refractivity contribution in [3.63, 3.8) is 0 Å². The van der Waals surface area contributed by atoms with Crippen LogP contribution in [-0.4, -0.2) is 50.7 Å². The van der Waals surface area contributed by atoms with Crippen molar-refractivity contribution in [1.82, 2.24) is 19.7 Å². The molecule has 2 rings (SSSR count). The largest absolute Gasteiger partial charge is 0.478 e. The number of aromatic nitrogens is 3. The van der Waals surface area contributed by atoms with Crippen LogP contribution in [0.1, 0.15) is 26.5 Å². The number of aryl methyl sites for hydroxylation is 1. The molecule has 0 atom stereocenters. The molecule has 0 aliphatic rings. The highest BCUT2D eigenvalue weighted by Gasteiger charge is 2.14. The standard InChI is InChI=1S/C13H14N4O3/c1-8-9(13(19)20)4-5-11(14-8)17-7-6-10(15-17)12(18)16(2)3/h4-7H,1-3H3,(H,19,20). The third-order valence-corrected chi connectivity index (χ3v) is 2.75. The molecule has 1 N–H and O–H groups in total. The Morgan fingerprint density at radius 3 is 2.50 bits per heavy atom. The molecule has 1 amide bonds. The van der Waals surface area contributed by atoms with E-state index >= 15 is 0 Å². The van der Waals surface area contributed by atoms with Gasteiger partial charge in [-0.1, -0.05) is 0 Å². The first-order valence-electron chi connectivity index (χ1n) is 5.89. The van der Waals surface area contributed by atoms with Crippen molar-refractivity contribution in [2.75, 3.05) is 14.1 Å². The summed E-state index contributed by atoms with van der Waals surface area (Å²) < 4.78 is 1.44. The van der Waals surface area contributed by atoms with E-state index in [1.54, 1.807) is 39.3 Å². The Morgan fingerprint density at radius 2 is 1.95 bits per heavy atom. The van der Waals surface area contributed by atoms with E-state index in [1.165, 1.54) is 15.6 Å². The Balaban J connectivity index is 2.36. The lowest BCUT2D eigenvalue weighted by Crippen LogP contribution is -2.22. The number of aromatic carboxylic acids is 1. The van der Waals surface area contributed by atoms with Gasteiger partial charge in [0.1, 0.15) is 0 Å². The lowest BCUT2D eigenvalue weighted by atomic mass is 10.2. The summed E-state index contributed by atoms with van der Waals surface area (Å²) in [7, 11) is 3.29. The maximum Gasteiger partial charge on any atom is 0.337 e. The first-order chi connectivity index (χ1) is 9.40. The number of carbonyl (C=O) groups is 2.